The summed E-state index contributed by atoms with van der Waals surface area (Å²) < 4.78 is 13.4. The molecular formula is C28H23Cl2N3O4. The van der Waals surface area contributed by atoms with Gasteiger partial charge in [0.05, 0.1) is 21.1 Å². The van der Waals surface area contributed by atoms with Gasteiger partial charge in [-0.1, -0.05) is 66.5 Å². The summed E-state index contributed by atoms with van der Waals surface area (Å²) in [6.45, 7) is 4.27. The first-order valence-corrected chi connectivity index (χ1v) is 12.4. The van der Waals surface area contributed by atoms with Crippen molar-refractivity contribution in [1.29, 1.82) is 0 Å². The Morgan fingerprint density at radius 2 is 1.73 bits per heavy atom. The molecule has 9 heteroatoms. The van der Waals surface area contributed by atoms with Gasteiger partial charge in [0.25, 0.3) is 0 Å². The molecule has 0 aliphatic heterocycles. The minimum atomic E-state index is -1.05. The zero-order chi connectivity index (χ0) is 26.3. The van der Waals surface area contributed by atoms with Crippen LogP contribution in [0.3, 0.4) is 0 Å². The number of benzene rings is 3. The number of aryl methyl sites for hydroxylation is 1. The first-order valence-electron chi connectivity index (χ1n) is 11.6. The van der Waals surface area contributed by atoms with E-state index in [1.54, 1.807) is 36.0 Å². The molecule has 0 aliphatic rings. The van der Waals surface area contributed by atoms with E-state index in [0.29, 0.717) is 38.2 Å². The van der Waals surface area contributed by atoms with Gasteiger partial charge in [0.1, 0.15) is 23.8 Å². The van der Waals surface area contributed by atoms with Gasteiger partial charge < -0.3 is 14.4 Å². The van der Waals surface area contributed by atoms with Crippen LogP contribution >= 0.6 is 23.2 Å². The summed E-state index contributed by atoms with van der Waals surface area (Å²) in [4.78, 5) is 11.4. The lowest BCUT2D eigenvalue weighted by Crippen LogP contribution is -2.01. The van der Waals surface area contributed by atoms with Crippen LogP contribution in [0.15, 0.2) is 65.2 Å². The first kappa shape index (κ1) is 24.9. The molecule has 0 aliphatic carbocycles. The molecular weight excluding hydrogens is 513 g/mol. The Kier molecular flexibility index (Phi) is 6.67. The highest BCUT2D eigenvalue weighted by atomic mass is 35.5. The zero-order valence-corrected chi connectivity index (χ0v) is 21.8. The van der Waals surface area contributed by atoms with Gasteiger partial charge >= 0.3 is 5.97 Å². The van der Waals surface area contributed by atoms with E-state index in [2.05, 4.69) is 10.3 Å². The van der Waals surface area contributed by atoms with Crippen molar-refractivity contribution < 1.29 is 19.2 Å². The second-order valence-corrected chi connectivity index (χ2v) is 9.76. The summed E-state index contributed by atoms with van der Waals surface area (Å²) in [5.41, 5.74) is 4.67. The zero-order valence-electron chi connectivity index (χ0n) is 20.3. The van der Waals surface area contributed by atoms with Gasteiger partial charge in [-0.2, -0.15) is 5.10 Å². The molecule has 0 fully saturated rings. The molecule has 37 heavy (non-hydrogen) atoms. The number of aromatic nitrogens is 3. The molecule has 2 heterocycles. The van der Waals surface area contributed by atoms with Gasteiger partial charge in [-0.15, -0.1) is 0 Å². The SMILES string of the molecule is CC(C)c1onc(-c2c(Cl)cccc2Cl)c1COc1ccc(-c2ccc3c(C(=O)O)nn(C)c3c2)cc1. The lowest BCUT2D eigenvalue weighted by atomic mass is 10.0. The molecule has 0 radical (unpaired) electrons. The molecule has 7 nitrogen and oxygen atoms in total. The third kappa shape index (κ3) is 4.68. The summed E-state index contributed by atoms with van der Waals surface area (Å²) in [6.07, 6.45) is 0. The summed E-state index contributed by atoms with van der Waals surface area (Å²) in [5, 5.41) is 19.3. The minimum Gasteiger partial charge on any atom is -0.489 e. The maximum absolute atomic E-state index is 11.4. The highest BCUT2D eigenvalue weighted by Gasteiger charge is 2.24. The van der Waals surface area contributed by atoms with Crippen LogP contribution in [0.2, 0.25) is 10.0 Å². The molecule has 0 saturated heterocycles. The normalized spacial score (nSPS) is 11.4. The van der Waals surface area contributed by atoms with Crippen LogP contribution in [0.25, 0.3) is 33.3 Å². The minimum absolute atomic E-state index is 0.0414. The Morgan fingerprint density at radius 1 is 1.05 bits per heavy atom. The number of carboxylic acids is 1. The average molecular weight is 536 g/mol. The van der Waals surface area contributed by atoms with Crippen LogP contribution in [-0.4, -0.2) is 26.0 Å². The summed E-state index contributed by atoms with van der Waals surface area (Å²) in [5.74, 6) is 0.429. The van der Waals surface area contributed by atoms with Crippen LogP contribution < -0.4 is 4.74 Å². The van der Waals surface area contributed by atoms with E-state index < -0.39 is 5.97 Å². The predicted molar refractivity (Wildman–Crippen MR) is 143 cm³/mol. The Hall–Kier alpha value is -3.81. The number of nitrogens with zero attached hydrogens (tertiary/aromatic N) is 3. The number of aromatic carboxylic acids is 1. The number of carboxylic acid groups (broad SMARTS) is 1. The molecule has 0 amide bonds. The molecule has 2 aromatic heterocycles. The molecule has 0 spiro atoms. The Balaban J connectivity index is 1.40. The number of fused-ring (bicyclic) bond motifs is 1. The van der Waals surface area contributed by atoms with Crippen LogP contribution in [0.4, 0.5) is 0 Å². The van der Waals surface area contributed by atoms with Crippen molar-refractivity contribution in [3.8, 4) is 28.1 Å². The van der Waals surface area contributed by atoms with Gasteiger partial charge in [0, 0.05) is 23.9 Å². The first-order chi connectivity index (χ1) is 17.7. The highest BCUT2D eigenvalue weighted by Crippen LogP contribution is 2.39. The van der Waals surface area contributed by atoms with Gasteiger partial charge in [0.15, 0.2) is 5.69 Å². The molecule has 188 valence electrons. The standard InChI is InChI=1S/C28H23Cl2N3O4/c1-15(2)27-20(25(32-37-27)24-21(29)5-4-6-22(24)30)14-36-18-10-7-16(8-11-18)17-9-12-19-23(13-17)33(3)31-26(19)28(34)35/h4-13,15H,14H2,1-3H3,(H,34,35). The molecule has 0 unspecified atom stereocenters. The average Bonchev–Trinajstić information content (AvgIpc) is 3.44. The van der Waals surface area contributed by atoms with Gasteiger partial charge in [-0.3, -0.25) is 4.68 Å². The van der Waals surface area contributed by atoms with Crippen molar-refractivity contribution in [3.05, 3.63) is 87.7 Å². The lowest BCUT2D eigenvalue weighted by Gasteiger charge is -2.11. The van der Waals surface area contributed by atoms with E-state index in [-0.39, 0.29) is 18.2 Å². The second-order valence-electron chi connectivity index (χ2n) is 8.95. The fourth-order valence-electron chi connectivity index (χ4n) is 4.33. The van der Waals surface area contributed by atoms with Crippen LogP contribution in [0.1, 0.15) is 41.6 Å². The monoisotopic (exact) mass is 535 g/mol. The molecule has 1 N–H and O–H groups in total. The van der Waals surface area contributed by atoms with Crippen LogP contribution in [0, 0.1) is 0 Å². The van der Waals surface area contributed by atoms with Crippen molar-refractivity contribution in [2.24, 2.45) is 7.05 Å². The molecule has 0 atom stereocenters. The highest BCUT2D eigenvalue weighted by molar-refractivity contribution is 6.39. The van der Waals surface area contributed by atoms with E-state index in [4.69, 9.17) is 32.5 Å². The number of hydrogen-bond donors (Lipinski definition) is 1. The van der Waals surface area contributed by atoms with Crippen molar-refractivity contribution >= 4 is 40.1 Å². The van der Waals surface area contributed by atoms with Crippen molar-refractivity contribution in [2.75, 3.05) is 0 Å². The lowest BCUT2D eigenvalue weighted by molar-refractivity contribution is 0.0691. The summed E-state index contributed by atoms with van der Waals surface area (Å²) >= 11 is 12.9. The topological polar surface area (TPSA) is 90.4 Å². The fraction of sp³-hybridized carbons (Fsp3) is 0.179. The fourth-order valence-corrected chi connectivity index (χ4v) is 4.91. The molecule has 5 aromatic rings. The van der Waals surface area contributed by atoms with Crippen LogP contribution in [-0.2, 0) is 13.7 Å². The van der Waals surface area contributed by atoms with Crippen molar-refractivity contribution in [1.82, 2.24) is 14.9 Å². The summed E-state index contributed by atoms with van der Waals surface area (Å²) in [7, 11) is 1.73. The van der Waals surface area contributed by atoms with Gasteiger partial charge in [-0.05, 0) is 47.5 Å². The number of halogens is 2. The van der Waals surface area contributed by atoms with Crippen LogP contribution in [0.5, 0.6) is 5.75 Å². The van der Waals surface area contributed by atoms with Gasteiger partial charge in [0.2, 0.25) is 0 Å². The van der Waals surface area contributed by atoms with E-state index >= 15 is 0 Å². The second kappa shape index (κ2) is 9.92. The Labute approximate surface area is 223 Å². The van der Waals surface area contributed by atoms with E-state index in [0.717, 1.165) is 22.2 Å². The third-order valence-corrected chi connectivity index (χ3v) is 6.80. The largest absolute Gasteiger partial charge is 0.489 e. The molecule has 0 bridgehead atoms. The Bertz CT molecular complexity index is 1600. The van der Waals surface area contributed by atoms with E-state index in [9.17, 15) is 9.90 Å². The smallest absolute Gasteiger partial charge is 0.357 e. The molecule has 5 rings (SSSR count). The quantitative estimate of drug-likeness (QED) is 0.230. The van der Waals surface area contributed by atoms with Crippen molar-refractivity contribution in [3.63, 3.8) is 0 Å². The third-order valence-electron chi connectivity index (χ3n) is 6.17. The Morgan fingerprint density at radius 3 is 2.38 bits per heavy atom. The summed E-state index contributed by atoms with van der Waals surface area (Å²) in [6, 6.07) is 18.6. The maximum atomic E-state index is 11.4. The number of carbonyl (C=O) groups is 1. The predicted octanol–water partition coefficient (Wildman–Crippen LogP) is 7.60. The number of hydrogen-bond acceptors (Lipinski definition) is 5. The number of rotatable bonds is 7. The molecule has 3 aromatic carbocycles. The maximum Gasteiger partial charge on any atom is 0.357 e. The van der Waals surface area contributed by atoms with Gasteiger partial charge in [-0.25, -0.2) is 4.79 Å². The van der Waals surface area contributed by atoms with E-state index in [1.807, 2.05) is 50.2 Å². The van der Waals surface area contributed by atoms with Crippen molar-refractivity contribution in [2.45, 2.75) is 26.4 Å². The molecule has 0 saturated carbocycles. The van der Waals surface area contributed by atoms with E-state index in [1.165, 1.54) is 0 Å². The number of ether oxygens (including phenoxy) is 1.